The minimum atomic E-state index is -4.91. The molecule has 0 amide bonds. The molecule has 0 fully saturated rings. The number of aromatic amines is 1. The molecule has 0 bridgehead atoms. The molecule has 1 rings (SSSR count). The molecule has 0 aliphatic rings. The number of halogens is 3. The molecule has 0 aliphatic heterocycles. The van der Waals surface area contributed by atoms with Gasteiger partial charge in [-0.15, -0.1) is 13.2 Å². The van der Waals surface area contributed by atoms with E-state index in [0.717, 1.165) is 13.2 Å². The highest BCUT2D eigenvalue weighted by atomic mass is 19.4. The highest BCUT2D eigenvalue weighted by Crippen LogP contribution is 2.27. The first-order chi connectivity index (χ1) is 7.37. The summed E-state index contributed by atoms with van der Waals surface area (Å²) in [6.45, 7) is -0.118. The third kappa shape index (κ3) is 2.89. The molecule has 1 aromatic heterocycles. The lowest BCUT2D eigenvalue weighted by Gasteiger charge is -2.12. The number of nitrogens with one attached hydrogen (secondary N) is 1. The Bertz CT molecular complexity index is 428. The van der Waals surface area contributed by atoms with Crippen molar-refractivity contribution >= 4 is 0 Å². The van der Waals surface area contributed by atoms with Crippen molar-refractivity contribution in [3.63, 3.8) is 0 Å². The van der Waals surface area contributed by atoms with Crippen molar-refractivity contribution in [3.8, 4) is 11.6 Å². The van der Waals surface area contributed by atoms with Gasteiger partial charge in [-0.1, -0.05) is 0 Å². The third-order valence-corrected chi connectivity index (χ3v) is 1.65. The van der Waals surface area contributed by atoms with Gasteiger partial charge in [0.05, 0.1) is 7.11 Å². The predicted molar refractivity (Wildman–Crippen MR) is 48.2 cm³/mol. The van der Waals surface area contributed by atoms with Gasteiger partial charge < -0.3 is 20.2 Å². The molecule has 0 saturated carbocycles. The number of hydrogen-bond donors (Lipinski definition) is 2. The van der Waals surface area contributed by atoms with Gasteiger partial charge in [-0.3, -0.25) is 4.79 Å². The molecule has 0 aliphatic carbocycles. The average Bonchev–Trinajstić information content (AvgIpc) is 2.14. The summed E-state index contributed by atoms with van der Waals surface area (Å²) in [4.78, 5) is 13.5. The molecule has 8 heteroatoms. The first-order valence-corrected chi connectivity index (χ1v) is 4.13. The SMILES string of the molecule is COc1c(OC(F)(F)F)[nH]c(CN)cc1=O. The summed E-state index contributed by atoms with van der Waals surface area (Å²) in [6.07, 6.45) is -4.91. The van der Waals surface area contributed by atoms with E-state index in [1.165, 1.54) is 0 Å². The predicted octanol–water partition coefficient (Wildman–Crippen LogP) is 0.741. The third-order valence-electron chi connectivity index (χ3n) is 1.65. The van der Waals surface area contributed by atoms with Crippen LogP contribution in [0.1, 0.15) is 5.69 Å². The molecule has 0 aromatic carbocycles. The minimum Gasteiger partial charge on any atom is -0.488 e. The van der Waals surface area contributed by atoms with Crippen molar-refractivity contribution in [3.05, 3.63) is 22.0 Å². The Morgan fingerprint density at radius 1 is 1.50 bits per heavy atom. The van der Waals surface area contributed by atoms with Crippen molar-refractivity contribution in [2.24, 2.45) is 5.73 Å². The molecule has 0 radical (unpaired) electrons. The number of H-pyrrole nitrogens is 1. The maximum absolute atomic E-state index is 12.0. The van der Waals surface area contributed by atoms with Gasteiger partial charge in [0.2, 0.25) is 17.1 Å². The Hall–Kier alpha value is -1.70. The van der Waals surface area contributed by atoms with E-state index in [2.05, 4.69) is 14.5 Å². The Morgan fingerprint density at radius 3 is 2.56 bits per heavy atom. The lowest BCUT2D eigenvalue weighted by molar-refractivity contribution is -0.276. The number of nitrogens with two attached hydrogens (primary N) is 1. The maximum atomic E-state index is 12.0. The van der Waals surface area contributed by atoms with Crippen LogP contribution in [0.2, 0.25) is 0 Å². The fourth-order valence-corrected chi connectivity index (χ4v) is 1.07. The lowest BCUT2D eigenvalue weighted by atomic mass is 10.3. The fraction of sp³-hybridized carbons (Fsp3) is 0.375. The van der Waals surface area contributed by atoms with Gasteiger partial charge in [0.1, 0.15) is 0 Å². The van der Waals surface area contributed by atoms with Gasteiger partial charge in [-0.2, -0.15) is 0 Å². The van der Waals surface area contributed by atoms with Crippen LogP contribution < -0.4 is 20.6 Å². The summed E-state index contributed by atoms with van der Waals surface area (Å²) in [6, 6.07) is 1.04. The summed E-state index contributed by atoms with van der Waals surface area (Å²) in [5, 5.41) is 0. The first-order valence-electron chi connectivity index (χ1n) is 4.13. The van der Waals surface area contributed by atoms with Crippen LogP contribution in [-0.4, -0.2) is 18.5 Å². The molecule has 3 N–H and O–H groups in total. The molecular formula is C8H9F3N2O3. The van der Waals surface area contributed by atoms with Crippen LogP contribution in [0.4, 0.5) is 13.2 Å². The fourth-order valence-electron chi connectivity index (χ4n) is 1.07. The normalized spacial score (nSPS) is 11.3. The number of alkyl halides is 3. The molecular weight excluding hydrogens is 229 g/mol. The van der Waals surface area contributed by atoms with Crippen LogP contribution in [0, 0.1) is 0 Å². The Kier molecular flexibility index (Phi) is 3.43. The summed E-state index contributed by atoms with van der Waals surface area (Å²) in [5.74, 6) is -1.35. The zero-order valence-electron chi connectivity index (χ0n) is 8.22. The molecule has 90 valence electrons. The summed E-state index contributed by atoms with van der Waals surface area (Å²) >= 11 is 0. The standard InChI is InChI=1S/C8H9F3N2O3/c1-15-6-5(14)2-4(3-12)13-7(6)16-8(9,10)11/h2H,3,12H2,1H3,(H,13,14). The van der Waals surface area contributed by atoms with E-state index in [0.29, 0.717) is 0 Å². The molecule has 0 spiro atoms. The van der Waals surface area contributed by atoms with E-state index in [9.17, 15) is 18.0 Å². The van der Waals surface area contributed by atoms with Crippen LogP contribution in [0.15, 0.2) is 10.9 Å². The van der Waals surface area contributed by atoms with Crippen LogP contribution in [0.3, 0.4) is 0 Å². The summed E-state index contributed by atoms with van der Waals surface area (Å²) in [7, 11) is 1.07. The largest absolute Gasteiger partial charge is 0.574 e. The molecule has 5 nitrogen and oxygen atoms in total. The van der Waals surface area contributed by atoms with Gasteiger partial charge in [0.25, 0.3) is 0 Å². The molecule has 1 heterocycles. The van der Waals surface area contributed by atoms with Crippen LogP contribution in [0.25, 0.3) is 0 Å². The van der Waals surface area contributed by atoms with Crippen molar-refractivity contribution in [1.29, 1.82) is 0 Å². The first kappa shape index (κ1) is 12.4. The zero-order chi connectivity index (χ0) is 12.3. The van der Waals surface area contributed by atoms with Crippen molar-refractivity contribution in [2.75, 3.05) is 7.11 Å². The van der Waals surface area contributed by atoms with Crippen molar-refractivity contribution in [2.45, 2.75) is 12.9 Å². The quantitative estimate of drug-likeness (QED) is 0.814. The smallest absolute Gasteiger partial charge is 0.488 e. The molecule has 1 aromatic rings. The monoisotopic (exact) mass is 238 g/mol. The highest BCUT2D eigenvalue weighted by molar-refractivity contribution is 5.35. The van der Waals surface area contributed by atoms with E-state index >= 15 is 0 Å². The number of rotatable bonds is 3. The summed E-state index contributed by atoms with van der Waals surface area (Å²) < 4.78 is 44.1. The van der Waals surface area contributed by atoms with Crippen LogP contribution in [0.5, 0.6) is 11.6 Å². The van der Waals surface area contributed by atoms with Crippen molar-refractivity contribution in [1.82, 2.24) is 4.98 Å². The number of pyridine rings is 1. The number of hydrogen-bond acceptors (Lipinski definition) is 4. The van der Waals surface area contributed by atoms with Gasteiger partial charge in [0, 0.05) is 18.3 Å². The molecule has 16 heavy (non-hydrogen) atoms. The molecule has 0 unspecified atom stereocenters. The van der Waals surface area contributed by atoms with Gasteiger partial charge in [0.15, 0.2) is 0 Å². The Balaban J connectivity index is 3.23. The van der Waals surface area contributed by atoms with Gasteiger partial charge in [-0.05, 0) is 0 Å². The van der Waals surface area contributed by atoms with E-state index in [-0.39, 0.29) is 12.2 Å². The lowest BCUT2D eigenvalue weighted by Crippen LogP contribution is -2.21. The highest BCUT2D eigenvalue weighted by Gasteiger charge is 2.33. The second kappa shape index (κ2) is 4.44. The number of aromatic nitrogens is 1. The van der Waals surface area contributed by atoms with E-state index in [1.54, 1.807) is 0 Å². The number of methoxy groups -OCH3 is 1. The van der Waals surface area contributed by atoms with E-state index < -0.39 is 23.4 Å². The topological polar surface area (TPSA) is 77.3 Å². The van der Waals surface area contributed by atoms with E-state index in [1.807, 2.05) is 0 Å². The zero-order valence-corrected chi connectivity index (χ0v) is 8.22. The van der Waals surface area contributed by atoms with Gasteiger partial charge >= 0.3 is 6.36 Å². The Labute approximate surface area is 88.0 Å². The number of ether oxygens (including phenoxy) is 2. The second-order valence-electron chi connectivity index (χ2n) is 2.77. The summed E-state index contributed by atoms with van der Waals surface area (Å²) in [5.41, 5.74) is 4.58. The van der Waals surface area contributed by atoms with Gasteiger partial charge in [-0.25, -0.2) is 0 Å². The molecule has 0 atom stereocenters. The van der Waals surface area contributed by atoms with E-state index in [4.69, 9.17) is 5.73 Å². The molecule has 0 saturated heterocycles. The second-order valence-corrected chi connectivity index (χ2v) is 2.77. The van der Waals surface area contributed by atoms with Crippen LogP contribution >= 0.6 is 0 Å². The van der Waals surface area contributed by atoms with Crippen molar-refractivity contribution < 1.29 is 22.6 Å². The Morgan fingerprint density at radius 2 is 2.12 bits per heavy atom. The minimum absolute atomic E-state index is 0.116. The average molecular weight is 238 g/mol. The maximum Gasteiger partial charge on any atom is 0.574 e. The van der Waals surface area contributed by atoms with Crippen LogP contribution in [-0.2, 0) is 6.54 Å².